The number of aliphatic hydroxyl groups is 3. The summed E-state index contributed by atoms with van der Waals surface area (Å²) in [5, 5.41) is 39.8. The Hall–Kier alpha value is -2.22. The number of fused-ring (bicyclic) bond motifs is 5. The smallest absolute Gasteiger partial charge is 0.331 e. The van der Waals surface area contributed by atoms with E-state index in [0.29, 0.717) is 45.3 Å². The summed E-state index contributed by atoms with van der Waals surface area (Å²) in [5.74, 6) is -0.0281. The second-order valence-electron chi connectivity index (χ2n) is 12.6. The molecular weight excluding hydrogens is 468 g/mol. The predicted molar refractivity (Wildman–Crippen MR) is 139 cm³/mol. The molecule has 4 N–H and O–H groups in total. The fourth-order valence-electron chi connectivity index (χ4n) is 9.25. The number of cyclic esters (lactones) is 1. The molecule has 0 radical (unpaired) electrons. The molecule has 8 atom stereocenters. The first kappa shape index (κ1) is 25.1. The van der Waals surface area contributed by atoms with Crippen molar-refractivity contribution < 1.29 is 24.9 Å². The molecule has 0 aromatic heterocycles. The number of hydrazone groups is 1. The standard InChI is InChI=1S/C30H40N2O5/c1-27-11-8-24-25(30(27,36)14-10-23(27)21-15-26(34)37-18-21)9-13-29(35)16-22(33)7-12-28(24,29)19-32-31-17-20-5-3-2-4-6-20/h2-6,15,19,22-25,31,33,35-36H,7-14,16-18H2,1H3/t22-,23+,24-,25+,27+,28-,29-,30-/m0/s1. The molecule has 1 aliphatic heterocycles. The number of aliphatic hydroxyl groups excluding tert-OH is 1. The highest BCUT2D eigenvalue weighted by atomic mass is 16.5. The Labute approximate surface area is 219 Å². The maximum Gasteiger partial charge on any atom is 0.331 e. The van der Waals surface area contributed by atoms with Crippen LogP contribution in [-0.4, -0.2) is 51.4 Å². The molecule has 7 heteroatoms. The highest BCUT2D eigenvalue weighted by molar-refractivity contribution is 5.85. The van der Waals surface area contributed by atoms with E-state index in [9.17, 15) is 20.1 Å². The predicted octanol–water partition coefficient (Wildman–Crippen LogP) is 3.47. The summed E-state index contributed by atoms with van der Waals surface area (Å²) < 4.78 is 5.24. The molecule has 0 saturated heterocycles. The maximum absolute atomic E-state index is 12.5. The second-order valence-corrected chi connectivity index (χ2v) is 12.6. The number of nitrogens with zero attached hydrogens (tertiary/aromatic N) is 1. The van der Waals surface area contributed by atoms with Crippen LogP contribution in [0.3, 0.4) is 0 Å². The van der Waals surface area contributed by atoms with Crippen molar-refractivity contribution >= 4 is 12.2 Å². The molecule has 0 unspecified atom stereocenters. The number of benzene rings is 1. The lowest BCUT2D eigenvalue weighted by Crippen LogP contribution is -2.68. The average Bonchev–Trinajstić information content (AvgIpc) is 3.42. The molecule has 5 aliphatic rings. The van der Waals surface area contributed by atoms with Crippen LogP contribution in [0.2, 0.25) is 0 Å². The molecule has 0 amide bonds. The number of ether oxygens (including phenoxy) is 1. The summed E-state index contributed by atoms with van der Waals surface area (Å²) in [4.78, 5) is 11.8. The number of carbonyl (C=O) groups is 1. The molecule has 4 aliphatic carbocycles. The molecule has 1 aromatic rings. The number of esters is 1. The molecule has 7 nitrogen and oxygen atoms in total. The second kappa shape index (κ2) is 8.92. The van der Waals surface area contributed by atoms with E-state index in [2.05, 4.69) is 29.6 Å². The average molecular weight is 509 g/mol. The van der Waals surface area contributed by atoms with Gasteiger partial charge in [0, 0.05) is 29.5 Å². The van der Waals surface area contributed by atoms with E-state index < -0.39 is 22.7 Å². The summed E-state index contributed by atoms with van der Waals surface area (Å²) in [7, 11) is 0. The largest absolute Gasteiger partial charge is 0.458 e. The number of nitrogens with one attached hydrogen (secondary N) is 1. The van der Waals surface area contributed by atoms with E-state index in [0.717, 1.165) is 36.8 Å². The van der Waals surface area contributed by atoms with Crippen LogP contribution < -0.4 is 5.43 Å². The monoisotopic (exact) mass is 508 g/mol. The minimum Gasteiger partial charge on any atom is -0.458 e. The number of hydrogen-bond donors (Lipinski definition) is 4. The van der Waals surface area contributed by atoms with Gasteiger partial charge in [-0.25, -0.2) is 4.79 Å². The summed E-state index contributed by atoms with van der Waals surface area (Å²) in [6.07, 6.45) is 9.24. The third-order valence-electron chi connectivity index (χ3n) is 11.2. The fraction of sp³-hybridized carbons (Fsp3) is 0.667. The van der Waals surface area contributed by atoms with Crippen LogP contribution in [0.15, 0.2) is 47.1 Å². The Kier molecular flexibility index (Phi) is 6.05. The van der Waals surface area contributed by atoms with Crippen LogP contribution in [0.5, 0.6) is 0 Å². The molecule has 1 heterocycles. The normalized spacial score (nSPS) is 45.1. The molecular formula is C30H40N2O5. The lowest BCUT2D eigenvalue weighted by Gasteiger charge is -2.65. The topological polar surface area (TPSA) is 111 Å². The highest BCUT2D eigenvalue weighted by Crippen LogP contribution is 2.70. The van der Waals surface area contributed by atoms with E-state index in [4.69, 9.17) is 4.74 Å². The van der Waals surface area contributed by atoms with Gasteiger partial charge in [0.15, 0.2) is 0 Å². The van der Waals surface area contributed by atoms with Gasteiger partial charge in [-0.1, -0.05) is 37.3 Å². The minimum absolute atomic E-state index is 0.0333. The zero-order valence-electron chi connectivity index (χ0n) is 21.7. The van der Waals surface area contributed by atoms with Crippen molar-refractivity contribution in [3.63, 3.8) is 0 Å². The molecule has 6 rings (SSSR count). The van der Waals surface area contributed by atoms with Crippen molar-refractivity contribution in [2.24, 2.45) is 33.7 Å². The van der Waals surface area contributed by atoms with Crippen LogP contribution in [0.1, 0.15) is 70.3 Å². The van der Waals surface area contributed by atoms with Gasteiger partial charge < -0.3 is 25.5 Å². The van der Waals surface area contributed by atoms with Crippen molar-refractivity contribution in [1.82, 2.24) is 5.43 Å². The van der Waals surface area contributed by atoms with Gasteiger partial charge in [-0.2, -0.15) is 5.10 Å². The Balaban J connectivity index is 1.31. The number of hydrogen-bond acceptors (Lipinski definition) is 7. The van der Waals surface area contributed by atoms with E-state index in [-0.39, 0.29) is 29.1 Å². The summed E-state index contributed by atoms with van der Waals surface area (Å²) in [5.41, 5.74) is 2.51. The first-order valence-corrected chi connectivity index (χ1v) is 14.0. The van der Waals surface area contributed by atoms with Crippen molar-refractivity contribution in [1.29, 1.82) is 0 Å². The number of rotatable bonds is 5. The lowest BCUT2D eigenvalue weighted by atomic mass is 9.41. The Bertz CT molecular complexity index is 1110. The first-order valence-electron chi connectivity index (χ1n) is 14.0. The van der Waals surface area contributed by atoms with Gasteiger partial charge in [-0.3, -0.25) is 0 Å². The maximum atomic E-state index is 12.5. The zero-order chi connectivity index (χ0) is 25.9. The number of carbonyl (C=O) groups excluding carboxylic acids is 1. The van der Waals surface area contributed by atoms with E-state index in [1.807, 2.05) is 24.4 Å². The van der Waals surface area contributed by atoms with Gasteiger partial charge >= 0.3 is 5.97 Å². The molecule has 4 fully saturated rings. The van der Waals surface area contributed by atoms with Crippen LogP contribution >= 0.6 is 0 Å². The fourth-order valence-corrected chi connectivity index (χ4v) is 9.25. The Morgan fingerprint density at radius 2 is 1.84 bits per heavy atom. The van der Waals surface area contributed by atoms with Gasteiger partial charge in [0.25, 0.3) is 0 Å². The van der Waals surface area contributed by atoms with E-state index in [1.165, 1.54) is 0 Å². The molecule has 4 saturated carbocycles. The summed E-state index contributed by atoms with van der Waals surface area (Å²) >= 11 is 0. The minimum atomic E-state index is -1.04. The summed E-state index contributed by atoms with van der Waals surface area (Å²) in [6, 6.07) is 10.1. The molecule has 200 valence electrons. The zero-order valence-corrected chi connectivity index (χ0v) is 21.7. The van der Waals surface area contributed by atoms with Crippen molar-refractivity contribution in [2.45, 2.75) is 88.6 Å². The van der Waals surface area contributed by atoms with E-state index in [1.54, 1.807) is 6.08 Å². The van der Waals surface area contributed by atoms with Gasteiger partial charge in [-0.15, -0.1) is 0 Å². The van der Waals surface area contributed by atoms with Gasteiger partial charge in [0.1, 0.15) is 6.61 Å². The Morgan fingerprint density at radius 1 is 1.05 bits per heavy atom. The first-order chi connectivity index (χ1) is 17.7. The third kappa shape index (κ3) is 3.72. The Morgan fingerprint density at radius 3 is 2.59 bits per heavy atom. The molecule has 0 bridgehead atoms. The third-order valence-corrected chi connectivity index (χ3v) is 11.2. The van der Waals surface area contributed by atoms with Crippen LogP contribution in [0.25, 0.3) is 0 Å². The van der Waals surface area contributed by atoms with Crippen molar-refractivity contribution in [2.75, 3.05) is 6.61 Å². The molecule has 1 aromatic carbocycles. The van der Waals surface area contributed by atoms with Gasteiger partial charge in [0.05, 0.1) is 23.9 Å². The van der Waals surface area contributed by atoms with Crippen LogP contribution in [0, 0.1) is 28.6 Å². The van der Waals surface area contributed by atoms with Crippen molar-refractivity contribution in [3.8, 4) is 0 Å². The molecule has 0 spiro atoms. The van der Waals surface area contributed by atoms with Crippen LogP contribution in [-0.2, 0) is 16.1 Å². The van der Waals surface area contributed by atoms with Gasteiger partial charge in [0.2, 0.25) is 0 Å². The van der Waals surface area contributed by atoms with Crippen molar-refractivity contribution in [3.05, 3.63) is 47.5 Å². The van der Waals surface area contributed by atoms with Gasteiger partial charge in [-0.05, 0) is 80.3 Å². The SMILES string of the molecule is C[C@]12CC[C@H]3[C@@H](CC[C@]4(O)C[C@@H](O)CC[C@]34C=NNCc3ccccc3)[C@@]1(O)CC[C@@H]2C1=CC(=O)OC1. The van der Waals surface area contributed by atoms with Crippen LogP contribution in [0.4, 0.5) is 0 Å². The summed E-state index contributed by atoms with van der Waals surface area (Å²) in [6.45, 7) is 3.14. The highest BCUT2D eigenvalue weighted by Gasteiger charge is 2.71. The molecule has 37 heavy (non-hydrogen) atoms. The lowest BCUT2D eigenvalue weighted by molar-refractivity contribution is -0.237. The quantitative estimate of drug-likeness (QED) is 0.275. The van der Waals surface area contributed by atoms with E-state index >= 15 is 0 Å².